The zero-order valence-electron chi connectivity index (χ0n) is 29.1. The number of nitrogens with zero attached hydrogens (tertiary/aromatic N) is 2. The van der Waals surface area contributed by atoms with Gasteiger partial charge in [0.05, 0.1) is 12.2 Å². The summed E-state index contributed by atoms with van der Waals surface area (Å²) in [6.07, 6.45) is 3.67. The Labute approximate surface area is 275 Å². The van der Waals surface area contributed by atoms with Gasteiger partial charge >= 0.3 is 0 Å². The number of hydrogen-bond donors (Lipinski definition) is 3. The highest BCUT2D eigenvalue weighted by Gasteiger charge is 2.34. The average molecular weight is 662 g/mol. The minimum Gasteiger partial charge on any atom is -0.379 e. The summed E-state index contributed by atoms with van der Waals surface area (Å²) in [6, 6.07) is 0. The fourth-order valence-corrected chi connectivity index (χ4v) is 6.41. The predicted octanol–water partition coefficient (Wildman–Crippen LogP) is 4.07. The van der Waals surface area contributed by atoms with Crippen molar-refractivity contribution in [2.75, 3.05) is 71.0 Å². The first-order valence-corrected chi connectivity index (χ1v) is 18.6. The molecule has 258 valence electrons. The van der Waals surface area contributed by atoms with E-state index in [2.05, 4.69) is 55.1 Å². The summed E-state index contributed by atoms with van der Waals surface area (Å²) in [6.45, 7) is 22.4. The molecule has 1 aliphatic rings. The number of Topliss-reactive ketones (excluding diaryl/α,β-unsaturated/α-hetero) is 1. The van der Waals surface area contributed by atoms with Crippen LogP contribution in [0.4, 0.5) is 0 Å². The van der Waals surface area contributed by atoms with E-state index in [0.717, 1.165) is 50.7 Å². The third kappa shape index (κ3) is 18.3. The molecule has 1 rings (SSSR count). The van der Waals surface area contributed by atoms with E-state index in [1.54, 1.807) is 35.6 Å². The fourth-order valence-electron chi connectivity index (χ4n) is 4.60. The second-order valence-electron chi connectivity index (χ2n) is 14.4. The predicted molar refractivity (Wildman–Crippen MR) is 185 cm³/mol. The lowest BCUT2D eigenvalue weighted by molar-refractivity contribution is -0.145. The number of ether oxygens (including phenoxy) is 2. The van der Waals surface area contributed by atoms with Crippen molar-refractivity contribution in [3.05, 3.63) is 0 Å². The van der Waals surface area contributed by atoms with Crippen molar-refractivity contribution in [2.24, 2.45) is 11.1 Å². The van der Waals surface area contributed by atoms with Crippen molar-refractivity contribution in [1.82, 2.24) is 20.4 Å². The van der Waals surface area contributed by atoms with Gasteiger partial charge in [-0.2, -0.15) is 0 Å². The normalized spacial score (nSPS) is 16.9. The molecule has 0 aromatic carbocycles. The highest BCUT2D eigenvalue weighted by atomic mass is 33.1. The van der Waals surface area contributed by atoms with Gasteiger partial charge < -0.3 is 25.0 Å². The number of carbonyl (C=O) groups excluding carboxylic acids is 3. The third-order valence-electron chi connectivity index (χ3n) is 8.26. The van der Waals surface area contributed by atoms with Crippen molar-refractivity contribution < 1.29 is 23.9 Å². The lowest BCUT2D eigenvalue weighted by Gasteiger charge is -2.44. The molecule has 0 bridgehead atoms. The van der Waals surface area contributed by atoms with Crippen LogP contribution >= 0.6 is 21.6 Å². The van der Waals surface area contributed by atoms with E-state index in [4.69, 9.17) is 15.2 Å². The van der Waals surface area contributed by atoms with Gasteiger partial charge in [-0.05, 0) is 59.3 Å². The molecule has 1 saturated heterocycles. The molecule has 0 radical (unpaired) electrons. The van der Waals surface area contributed by atoms with Gasteiger partial charge in [0.1, 0.15) is 0 Å². The maximum atomic E-state index is 12.9. The molecule has 1 fully saturated rings. The van der Waals surface area contributed by atoms with Gasteiger partial charge in [0.15, 0.2) is 11.5 Å². The Morgan fingerprint density at radius 1 is 0.773 bits per heavy atom. The van der Waals surface area contributed by atoms with E-state index >= 15 is 0 Å². The van der Waals surface area contributed by atoms with E-state index in [-0.39, 0.29) is 34.2 Å². The average Bonchev–Trinajstić information content (AvgIpc) is 2.94. The number of ketones is 1. The smallest absolute Gasteiger partial charge is 0.221 e. The molecule has 4 N–H and O–H groups in total. The number of hydrogen-bond acceptors (Lipinski definition) is 10. The Hall–Kier alpha value is -0.890. The minimum absolute atomic E-state index is 0.0841. The summed E-state index contributed by atoms with van der Waals surface area (Å²) < 4.78 is 11.2. The molecular formula is C32H63N5O5S2. The molecule has 1 unspecified atom stereocenters. The van der Waals surface area contributed by atoms with Crippen molar-refractivity contribution in [1.29, 1.82) is 0 Å². The van der Waals surface area contributed by atoms with Gasteiger partial charge in [-0.1, -0.05) is 42.4 Å². The molecule has 2 amide bonds. The standard InChI is InChI=1S/C32H63N5O5S2/c1-29(2,3)13-11-27(39)34-16-24-43-44-25-17-35-28(40)12-18-36-19-21-37(22-20-36)30(4,5)14-10-26(38)32(8,33)42-23-15-31(6,7)41-9/h10-25,33H2,1-9H3,(H,34,39)(H,35,40). The number of methoxy groups -OCH3 is 1. The summed E-state index contributed by atoms with van der Waals surface area (Å²) in [5.41, 5.74) is 4.64. The summed E-state index contributed by atoms with van der Waals surface area (Å²) >= 11 is 0. The van der Waals surface area contributed by atoms with Crippen LogP contribution in [0.15, 0.2) is 0 Å². The lowest BCUT2D eigenvalue weighted by Crippen LogP contribution is -2.55. The Balaban J connectivity index is 2.18. The second kappa shape index (κ2) is 19.7. The molecule has 0 aliphatic carbocycles. The monoisotopic (exact) mass is 661 g/mol. The third-order valence-corrected chi connectivity index (χ3v) is 10.7. The van der Waals surface area contributed by atoms with E-state index in [0.29, 0.717) is 51.8 Å². The molecule has 1 heterocycles. The zero-order chi connectivity index (χ0) is 33.4. The molecule has 10 nitrogen and oxygen atoms in total. The number of amides is 2. The molecule has 0 saturated carbocycles. The molecule has 0 aromatic rings. The highest BCUT2D eigenvalue weighted by Crippen LogP contribution is 2.25. The topological polar surface area (TPSA) is 126 Å². The summed E-state index contributed by atoms with van der Waals surface area (Å²) in [7, 11) is 5.11. The first kappa shape index (κ1) is 41.1. The van der Waals surface area contributed by atoms with Crippen molar-refractivity contribution in [3.63, 3.8) is 0 Å². The zero-order valence-corrected chi connectivity index (χ0v) is 30.8. The molecular weight excluding hydrogens is 599 g/mol. The van der Waals surface area contributed by atoms with E-state index in [1.807, 2.05) is 13.8 Å². The maximum Gasteiger partial charge on any atom is 0.221 e. The number of carbonyl (C=O) groups is 3. The minimum atomic E-state index is -1.30. The van der Waals surface area contributed by atoms with Crippen LogP contribution in [0.1, 0.15) is 93.9 Å². The van der Waals surface area contributed by atoms with Crippen molar-refractivity contribution in [2.45, 2.75) is 111 Å². The Bertz CT molecular complexity index is 872. The number of piperazine rings is 1. The molecule has 1 atom stereocenters. The van der Waals surface area contributed by atoms with E-state index in [1.165, 1.54) is 0 Å². The van der Waals surface area contributed by atoms with Gasteiger partial charge in [0.25, 0.3) is 0 Å². The van der Waals surface area contributed by atoms with Gasteiger partial charge in [-0.25, -0.2) is 0 Å². The fraction of sp³-hybridized carbons (Fsp3) is 0.906. The van der Waals surface area contributed by atoms with Gasteiger partial charge in [-0.15, -0.1) is 0 Å². The highest BCUT2D eigenvalue weighted by molar-refractivity contribution is 8.76. The molecule has 1 aliphatic heterocycles. The number of rotatable bonds is 22. The van der Waals surface area contributed by atoms with E-state index < -0.39 is 5.72 Å². The molecule has 44 heavy (non-hydrogen) atoms. The first-order chi connectivity index (χ1) is 20.4. The largest absolute Gasteiger partial charge is 0.379 e. The van der Waals surface area contributed by atoms with Crippen LogP contribution in [0.25, 0.3) is 0 Å². The SMILES string of the molecule is COC(C)(C)CCOC(C)(N)C(=O)CCC(C)(C)N1CCN(CCC(=O)NCCSSCCNC(=O)CCC(C)(C)C)CC1. The van der Waals surface area contributed by atoms with Crippen LogP contribution in [-0.2, 0) is 23.9 Å². The lowest BCUT2D eigenvalue weighted by atomic mass is 9.90. The Morgan fingerprint density at radius 3 is 1.84 bits per heavy atom. The number of nitrogens with two attached hydrogens (primary N) is 1. The van der Waals surface area contributed by atoms with Crippen LogP contribution < -0.4 is 16.4 Å². The van der Waals surface area contributed by atoms with Gasteiger partial charge in [-0.3, -0.25) is 25.0 Å². The summed E-state index contributed by atoms with van der Waals surface area (Å²) in [5, 5.41) is 5.99. The molecule has 0 aromatic heterocycles. The van der Waals surface area contributed by atoms with Crippen LogP contribution in [-0.4, -0.2) is 115 Å². The maximum absolute atomic E-state index is 12.9. The summed E-state index contributed by atoms with van der Waals surface area (Å²) in [5.74, 6) is 1.81. The Morgan fingerprint density at radius 2 is 1.32 bits per heavy atom. The number of nitrogens with one attached hydrogen (secondary N) is 2. The van der Waals surface area contributed by atoms with Crippen LogP contribution in [0.2, 0.25) is 0 Å². The molecule has 12 heteroatoms. The Kier molecular flexibility index (Phi) is 18.4. The first-order valence-electron chi connectivity index (χ1n) is 16.1. The molecule has 0 spiro atoms. The quantitative estimate of drug-likeness (QED) is 0.0888. The van der Waals surface area contributed by atoms with Gasteiger partial charge in [0.2, 0.25) is 11.8 Å². The van der Waals surface area contributed by atoms with Crippen LogP contribution in [0, 0.1) is 5.41 Å². The van der Waals surface area contributed by atoms with Crippen LogP contribution in [0.3, 0.4) is 0 Å². The summed E-state index contributed by atoms with van der Waals surface area (Å²) in [4.78, 5) is 41.9. The van der Waals surface area contributed by atoms with E-state index in [9.17, 15) is 14.4 Å². The second-order valence-corrected chi connectivity index (χ2v) is 17.1. The van der Waals surface area contributed by atoms with Crippen LogP contribution in [0.5, 0.6) is 0 Å². The van der Waals surface area contributed by atoms with Crippen molar-refractivity contribution in [3.8, 4) is 0 Å². The van der Waals surface area contributed by atoms with Crippen molar-refractivity contribution >= 4 is 39.2 Å². The van der Waals surface area contributed by atoms with Gasteiger partial charge in [0, 0.05) is 89.2 Å².